The van der Waals surface area contributed by atoms with Crippen LogP contribution in [-0.2, 0) is 4.79 Å². The molecule has 24 heavy (non-hydrogen) atoms. The molecule has 2 amide bonds. The topological polar surface area (TPSA) is 49.4 Å². The highest BCUT2D eigenvalue weighted by Crippen LogP contribution is 2.22. The van der Waals surface area contributed by atoms with E-state index < -0.39 is 0 Å². The second-order valence-electron chi connectivity index (χ2n) is 5.62. The summed E-state index contributed by atoms with van der Waals surface area (Å²) in [7, 11) is 0. The standard InChI is InChI=1S/C19H20N2O2S/c22-18-10-5-12-21(18)16-7-4-6-15(14-16)19(23)20-11-13-24-17-8-2-1-3-9-17/h1-4,6-9,14H,5,10-13H2,(H,20,23). The van der Waals surface area contributed by atoms with Gasteiger partial charge in [-0.05, 0) is 36.8 Å². The van der Waals surface area contributed by atoms with E-state index >= 15 is 0 Å². The number of carbonyl (C=O) groups is 2. The predicted molar refractivity (Wildman–Crippen MR) is 97.5 cm³/mol. The molecule has 2 aromatic rings. The molecule has 1 N–H and O–H groups in total. The lowest BCUT2D eigenvalue weighted by atomic mass is 10.1. The van der Waals surface area contributed by atoms with Crippen LogP contribution in [0, 0.1) is 0 Å². The Balaban J connectivity index is 1.52. The normalized spacial score (nSPS) is 14.0. The van der Waals surface area contributed by atoms with Crippen LogP contribution < -0.4 is 10.2 Å². The monoisotopic (exact) mass is 340 g/mol. The van der Waals surface area contributed by atoms with E-state index in [0.29, 0.717) is 18.5 Å². The van der Waals surface area contributed by atoms with Crippen LogP contribution in [0.3, 0.4) is 0 Å². The Hall–Kier alpha value is -2.27. The minimum atomic E-state index is -0.0999. The van der Waals surface area contributed by atoms with E-state index in [9.17, 15) is 9.59 Å². The molecule has 4 nitrogen and oxygen atoms in total. The summed E-state index contributed by atoms with van der Waals surface area (Å²) >= 11 is 1.71. The van der Waals surface area contributed by atoms with Crippen LogP contribution >= 0.6 is 11.8 Å². The maximum absolute atomic E-state index is 12.3. The first-order chi connectivity index (χ1) is 11.7. The largest absolute Gasteiger partial charge is 0.351 e. The maximum atomic E-state index is 12.3. The quantitative estimate of drug-likeness (QED) is 0.648. The van der Waals surface area contributed by atoms with E-state index in [0.717, 1.165) is 24.4 Å². The zero-order chi connectivity index (χ0) is 16.8. The van der Waals surface area contributed by atoms with Gasteiger partial charge in [0.1, 0.15) is 0 Å². The van der Waals surface area contributed by atoms with Gasteiger partial charge >= 0.3 is 0 Å². The third-order valence-electron chi connectivity index (χ3n) is 3.89. The molecule has 124 valence electrons. The van der Waals surface area contributed by atoms with E-state index in [1.807, 2.05) is 30.3 Å². The number of thioether (sulfide) groups is 1. The summed E-state index contributed by atoms with van der Waals surface area (Å²) in [5, 5.41) is 2.93. The van der Waals surface area contributed by atoms with E-state index in [-0.39, 0.29) is 11.8 Å². The van der Waals surface area contributed by atoms with E-state index in [2.05, 4.69) is 17.4 Å². The number of nitrogens with zero attached hydrogens (tertiary/aromatic N) is 1. The molecule has 1 saturated heterocycles. The SMILES string of the molecule is O=C(NCCSc1ccccc1)c1cccc(N2CCCC2=O)c1. The molecule has 1 fully saturated rings. The van der Waals surface area contributed by atoms with Crippen molar-refractivity contribution < 1.29 is 9.59 Å². The number of amides is 2. The van der Waals surface area contributed by atoms with Gasteiger partial charge in [-0.3, -0.25) is 9.59 Å². The van der Waals surface area contributed by atoms with Crippen molar-refractivity contribution in [2.45, 2.75) is 17.7 Å². The molecule has 0 aromatic heterocycles. The molecular formula is C19H20N2O2S. The number of anilines is 1. The number of hydrogen-bond acceptors (Lipinski definition) is 3. The number of hydrogen-bond donors (Lipinski definition) is 1. The lowest BCUT2D eigenvalue weighted by Gasteiger charge is -2.16. The molecule has 1 heterocycles. The Morgan fingerprint density at radius 3 is 2.71 bits per heavy atom. The fourth-order valence-electron chi connectivity index (χ4n) is 2.69. The van der Waals surface area contributed by atoms with Crippen LogP contribution in [-0.4, -0.2) is 30.7 Å². The number of carbonyl (C=O) groups excluding carboxylic acids is 2. The summed E-state index contributed by atoms with van der Waals surface area (Å²) in [6.07, 6.45) is 1.47. The van der Waals surface area contributed by atoms with E-state index in [4.69, 9.17) is 0 Å². The highest BCUT2D eigenvalue weighted by Gasteiger charge is 2.22. The number of benzene rings is 2. The molecule has 1 aliphatic rings. The summed E-state index contributed by atoms with van der Waals surface area (Å²) in [6, 6.07) is 17.4. The number of rotatable bonds is 6. The van der Waals surface area contributed by atoms with Gasteiger partial charge < -0.3 is 10.2 Å². The molecule has 2 aromatic carbocycles. The Morgan fingerprint density at radius 1 is 1.12 bits per heavy atom. The summed E-state index contributed by atoms with van der Waals surface area (Å²) < 4.78 is 0. The van der Waals surface area contributed by atoms with Gasteiger partial charge in [0.15, 0.2) is 0 Å². The minimum Gasteiger partial charge on any atom is -0.351 e. The highest BCUT2D eigenvalue weighted by molar-refractivity contribution is 7.99. The second-order valence-corrected chi connectivity index (χ2v) is 6.79. The van der Waals surface area contributed by atoms with Crippen LogP contribution in [0.15, 0.2) is 59.5 Å². The first kappa shape index (κ1) is 16.6. The molecule has 0 unspecified atom stereocenters. The van der Waals surface area contributed by atoms with Crippen molar-refractivity contribution in [3.63, 3.8) is 0 Å². The zero-order valence-corrected chi connectivity index (χ0v) is 14.2. The molecule has 1 aliphatic heterocycles. The fourth-order valence-corrected chi connectivity index (χ4v) is 3.48. The van der Waals surface area contributed by atoms with Gasteiger partial charge in [-0.15, -0.1) is 11.8 Å². The lowest BCUT2D eigenvalue weighted by Crippen LogP contribution is -2.27. The van der Waals surface area contributed by atoms with Crippen molar-refractivity contribution in [3.8, 4) is 0 Å². The van der Waals surface area contributed by atoms with Crippen LogP contribution in [0.25, 0.3) is 0 Å². The first-order valence-electron chi connectivity index (χ1n) is 8.10. The Bertz CT molecular complexity index is 718. The molecular weight excluding hydrogens is 320 g/mol. The van der Waals surface area contributed by atoms with Crippen molar-refractivity contribution >= 4 is 29.3 Å². The summed E-state index contributed by atoms with van der Waals surface area (Å²) in [6.45, 7) is 1.34. The van der Waals surface area contributed by atoms with Gasteiger partial charge in [-0.1, -0.05) is 24.3 Å². The van der Waals surface area contributed by atoms with Gasteiger partial charge in [0.2, 0.25) is 5.91 Å². The molecule has 0 saturated carbocycles. The van der Waals surface area contributed by atoms with Gasteiger partial charge in [0, 0.05) is 41.4 Å². The van der Waals surface area contributed by atoms with Crippen molar-refractivity contribution in [1.82, 2.24) is 5.32 Å². The van der Waals surface area contributed by atoms with Gasteiger partial charge in [-0.25, -0.2) is 0 Å². The Kier molecular flexibility index (Phi) is 5.54. The predicted octanol–water partition coefficient (Wildman–Crippen LogP) is 3.34. The molecule has 0 atom stereocenters. The van der Waals surface area contributed by atoms with Crippen molar-refractivity contribution in [2.75, 3.05) is 23.7 Å². The van der Waals surface area contributed by atoms with Crippen LogP contribution in [0.4, 0.5) is 5.69 Å². The highest BCUT2D eigenvalue weighted by atomic mass is 32.2. The summed E-state index contributed by atoms with van der Waals surface area (Å²) in [5.41, 5.74) is 1.40. The molecule has 0 bridgehead atoms. The molecule has 0 spiro atoms. The lowest BCUT2D eigenvalue weighted by molar-refractivity contribution is -0.117. The average molecular weight is 340 g/mol. The van der Waals surface area contributed by atoms with Gasteiger partial charge in [0.25, 0.3) is 5.91 Å². The van der Waals surface area contributed by atoms with Crippen molar-refractivity contribution in [2.24, 2.45) is 0 Å². The third-order valence-corrected chi connectivity index (χ3v) is 4.91. The van der Waals surface area contributed by atoms with Crippen LogP contribution in [0.5, 0.6) is 0 Å². The smallest absolute Gasteiger partial charge is 0.251 e. The maximum Gasteiger partial charge on any atom is 0.251 e. The molecule has 0 aliphatic carbocycles. The van der Waals surface area contributed by atoms with Crippen molar-refractivity contribution in [1.29, 1.82) is 0 Å². The first-order valence-corrected chi connectivity index (χ1v) is 9.09. The Labute approximate surface area is 146 Å². The number of nitrogens with one attached hydrogen (secondary N) is 1. The average Bonchev–Trinajstić information content (AvgIpc) is 3.05. The molecule has 5 heteroatoms. The Morgan fingerprint density at radius 2 is 1.96 bits per heavy atom. The van der Waals surface area contributed by atoms with Crippen LogP contribution in [0.2, 0.25) is 0 Å². The zero-order valence-electron chi connectivity index (χ0n) is 13.4. The van der Waals surface area contributed by atoms with Crippen LogP contribution in [0.1, 0.15) is 23.2 Å². The van der Waals surface area contributed by atoms with E-state index in [1.54, 1.807) is 28.8 Å². The molecule has 3 rings (SSSR count). The third kappa shape index (κ3) is 4.17. The molecule has 0 radical (unpaired) electrons. The van der Waals surface area contributed by atoms with Gasteiger partial charge in [0.05, 0.1) is 0 Å². The van der Waals surface area contributed by atoms with E-state index in [1.165, 1.54) is 4.90 Å². The van der Waals surface area contributed by atoms with Crippen molar-refractivity contribution in [3.05, 3.63) is 60.2 Å². The van der Waals surface area contributed by atoms with Gasteiger partial charge in [-0.2, -0.15) is 0 Å². The second kappa shape index (κ2) is 8.02. The minimum absolute atomic E-state index is 0.0999. The fraction of sp³-hybridized carbons (Fsp3) is 0.263. The summed E-state index contributed by atoms with van der Waals surface area (Å²) in [4.78, 5) is 27.1. The summed E-state index contributed by atoms with van der Waals surface area (Å²) in [5.74, 6) is 0.851.